The third-order valence-corrected chi connectivity index (χ3v) is 5.50. The van der Waals surface area contributed by atoms with E-state index in [0.29, 0.717) is 5.41 Å². The Morgan fingerprint density at radius 1 is 1.22 bits per heavy atom. The van der Waals surface area contributed by atoms with Crippen molar-refractivity contribution in [3.05, 3.63) is 0 Å². The Kier molecular flexibility index (Phi) is 5.08. The lowest BCUT2D eigenvalue weighted by atomic mass is 9.76. The summed E-state index contributed by atoms with van der Waals surface area (Å²) in [5.41, 5.74) is 0.512. The molecule has 0 bridgehead atoms. The highest BCUT2D eigenvalue weighted by molar-refractivity contribution is 4.93. The Bertz CT molecular complexity index is 243. The molecule has 3 atom stereocenters. The summed E-state index contributed by atoms with van der Waals surface area (Å²) >= 11 is 0. The van der Waals surface area contributed by atoms with Crippen LogP contribution in [-0.4, -0.2) is 25.7 Å². The van der Waals surface area contributed by atoms with Crippen LogP contribution < -0.4 is 10.6 Å². The largest absolute Gasteiger partial charge is 0.316 e. The van der Waals surface area contributed by atoms with E-state index < -0.39 is 0 Å². The molecule has 1 aliphatic carbocycles. The molecule has 0 aromatic heterocycles. The Balaban J connectivity index is 1.82. The van der Waals surface area contributed by atoms with Crippen LogP contribution in [0, 0.1) is 17.3 Å². The molecule has 0 amide bonds. The first-order valence-electron chi connectivity index (χ1n) is 8.06. The van der Waals surface area contributed by atoms with E-state index in [1.54, 1.807) is 0 Å². The maximum atomic E-state index is 3.91. The first-order chi connectivity index (χ1) is 8.62. The predicted molar refractivity (Wildman–Crippen MR) is 78.8 cm³/mol. The lowest BCUT2D eigenvalue weighted by Gasteiger charge is -2.34. The van der Waals surface area contributed by atoms with Gasteiger partial charge in [-0.25, -0.2) is 0 Å². The highest BCUT2D eigenvalue weighted by Gasteiger charge is 2.37. The molecular formula is C16H32N2. The van der Waals surface area contributed by atoms with E-state index in [-0.39, 0.29) is 0 Å². The van der Waals surface area contributed by atoms with Crippen molar-refractivity contribution < 1.29 is 0 Å². The highest BCUT2D eigenvalue weighted by atomic mass is 15.0. The molecule has 1 aliphatic heterocycles. The predicted octanol–water partition coefficient (Wildman–Crippen LogP) is 3.18. The molecule has 2 nitrogen and oxygen atoms in total. The minimum absolute atomic E-state index is 0.512. The lowest BCUT2D eigenvalue weighted by molar-refractivity contribution is 0.197. The Labute approximate surface area is 113 Å². The van der Waals surface area contributed by atoms with Crippen molar-refractivity contribution in [1.82, 2.24) is 10.6 Å². The van der Waals surface area contributed by atoms with E-state index in [1.165, 1.54) is 58.2 Å². The van der Waals surface area contributed by atoms with E-state index in [2.05, 4.69) is 31.4 Å². The normalized spacial score (nSPS) is 38.0. The van der Waals surface area contributed by atoms with Gasteiger partial charge in [-0.3, -0.25) is 0 Å². The van der Waals surface area contributed by atoms with Crippen molar-refractivity contribution in [2.75, 3.05) is 19.6 Å². The molecule has 2 N–H and O–H groups in total. The van der Waals surface area contributed by atoms with E-state index in [9.17, 15) is 0 Å². The summed E-state index contributed by atoms with van der Waals surface area (Å²) in [6.45, 7) is 10.8. The number of rotatable bonds is 4. The number of hydrogen-bond donors (Lipinski definition) is 2. The van der Waals surface area contributed by atoms with Crippen molar-refractivity contribution in [2.45, 2.75) is 65.3 Å². The van der Waals surface area contributed by atoms with Gasteiger partial charge in [-0.05, 0) is 49.5 Å². The summed E-state index contributed by atoms with van der Waals surface area (Å²) < 4.78 is 0. The molecule has 18 heavy (non-hydrogen) atoms. The van der Waals surface area contributed by atoms with Gasteiger partial charge in [0.2, 0.25) is 0 Å². The third kappa shape index (κ3) is 3.48. The molecule has 2 rings (SSSR count). The summed E-state index contributed by atoms with van der Waals surface area (Å²) in [5, 5.41) is 7.47. The standard InChI is InChI=1S/C16H32N2/c1-13(2)16(9-10-17-11-16)12-18-15-6-4-5-14(3)7-8-15/h13-15,17-18H,4-12H2,1-3H3. The van der Waals surface area contributed by atoms with Gasteiger partial charge >= 0.3 is 0 Å². The van der Waals surface area contributed by atoms with Gasteiger partial charge in [0.15, 0.2) is 0 Å². The SMILES string of the molecule is CC1CCCC(NCC2(C(C)C)CCNC2)CC1. The summed E-state index contributed by atoms with van der Waals surface area (Å²) in [4.78, 5) is 0. The van der Waals surface area contributed by atoms with Crippen LogP contribution in [-0.2, 0) is 0 Å². The molecule has 0 spiro atoms. The Morgan fingerprint density at radius 3 is 2.72 bits per heavy atom. The molecule has 0 aromatic carbocycles. The van der Waals surface area contributed by atoms with Gasteiger partial charge in [0.1, 0.15) is 0 Å². The van der Waals surface area contributed by atoms with Crippen molar-refractivity contribution in [3.8, 4) is 0 Å². The van der Waals surface area contributed by atoms with E-state index in [1.807, 2.05) is 0 Å². The zero-order valence-electron chi connectivity index (χ0n) is 12.6. The highest BCUT2D eigenvalue weighted by Crippen LogP contribution is 2.34. The first kappa shape index (κ1) is 14.3. The number of nitrogens with one attached hydrogen (secondary N) is 2. The fourth-order valence-corrected chi connectivity index (χ4v) is 3.65. The van der Waals surface area contributed by atoms with Crippen LogP contribution in [0.15, 0.2) is 0 Å². The third-order valence-electron chi connectivity index (χ3n) is 5.50. The summed E-state index contributed by atoms with van der Waals surface area (Å²) in [6, 6.07) is 0.783. The smallest absolute Gasteiger partial charge is 0.00674 e. The lowest BCUT2D eigenvalue weighted by Crippen LogP contribution is -2.44. The minimum atomic E-state index is 0.512. The molecule has 1 heterocycles. The van der Waals surface area contributed by atoms with E-state index in [4.69, 9.17) is 0 Å². The maximum Gasteiger partial charge on any atom is 0.00674 e. The van der Waals surface area contributed by atoms with Crippen LogP contribution in [0.5, 0.6) is 0 Å². The van der Waals surface area contributed by atoms with Gasteiger partial charge in [0.05, 0.1) is 0 Å². The zero-order valence-corrected chi connectivity index (χ0v) is 12.6. The maximum absolute atomic E-state index is 3.91. The van der Waals surface area contributed by atoms with Gasteiger partial charge in [0.25, 0.3) is 0 Å². The van der Waals surface area contributed by atoms with Gasteiger partial charge in [-0.2, -0.15) is 0 Å². The van der Waals surface area contributed by atoms with Crippen LogP contribution >= 0.6 is 0 Å². The average Bonchev–Trinajstić information content (AvgIpc) is 2.73. The fourth-order valence-electron chi connectivity index (χ4n) is 3.65. The summed E-state index contributed by atoms with van der Waals surface area (Å²) in [7, 11) is 0. The number of hydrogen-bond acceptors (Lipinski definition) is 2. The van der Waals surface area contributed by atoms with Crippen LogP contribution in [0.1, 0.15) is 59.3 Å². The first-order valence-corrected chi connectivity index (χ1v) is 8.06. The van der Waals surface area contributed by atoms with Crippen LogP contribution in [0.3, 0.4) is 0 Å². The minimum Gasteiger partial charge on any atom is -0.316 e. The zero-order chi connectivity index (χ0) is 13.0. The van der Waals surface area contributed by atoms with Gasteiger partial charge < -0.3 is 10.6 Å². The molecule has 0 aromatic rings. The van der Waals surface area contributed by atoms with Crippen LogP contribution in [0.25, 0.3) is 0 Å². The van der Waals surface area contributed by atoms with Gasteiger partial charge in [-0.1, -0.05) is 33.6 Å². The second kappa shape index (κ2) is 6.38. The van der Waals surface area contributed by atoms with Crippen molar-refractivity contribution in [3.63, 3.8) is 0 Å². The van der Waals surface area contributed by atoms with Crippen molar-refractivity contribution >= 4 is 0 Å². The van der Waals surface area contributed by atoms with Crippen molar-refractivity contribution in [2.24, 2.45) is 17.3 Å². The van der Waals surface area contributed by atoms with Gasteiger partial charge in [-0.15, -0.1) is 0 Å². The molecule has 1 saturated heterocycles. The molecule has 0 radical (unpaired) electrons. The van der Waals surface area contributed by atoms with E-state index in [0.717, 1.165) is 17.9 Å². The average molecular weight is 252 g/mol. The summed E-state index contributed by atoms with van der Waals surface area (Å²) in [5.74, 6) is 1.73. The van der Waals surface area contributed by atoms with E-state index >= 15 is 0 Å². The Morgan fingerprint density at radius 2 is 2.06 bits per heavy atom. The second-order valence-corrected chi connectivity index (χ2v) is 7.14. The molecule has 2 fully saturated rings. The fraction of sp³-hybridized carbons (Fsp3) is 1.00. The van der Waals surface area contributed by atoms with Crippen LogP contribution in [0.2, 0.25) is 0 Å². The molecule has 106 valence electrons. The monoisotopic (exact) mass is 252 g/mol. The topological polar surface area (TPSA) is 24.1 Å². The summed E-state index contributed by atoms with van der Waals surface area (Å²) in [6.07, 6.45) is 8.42. The van der Waals surface area contributed by atoms with Crippen molar-refractivity contribution in [1.29, 1.82) is 0 Å². The molecule has 2 aliphatic rings. The molecule has 2 heteroatoms. The quantitative estimate of drug-likeness (QED) is 0.751. The molecule has 1 saturated carbocycles. The Hall–Kier alpha value is -0.0800. The molecular weight excluding hydrogens is 220 g/mol. The second-order valence-electron chi connectivity index (χ2n) is 7.14. The van der Waals surface area contributed by atoms with Gasteiger partial charge in [0, 0.05) is 19.1 Å². The molecule has 3 unspecified atom stereocenters. The van der Waals surface area contributed by atoms with Crippen LogP contribution in [0.4, 0.5) is 0 Å².